The molecule has 4 nitrogen and oxygen atoms in total. The molecule has 3 aromatic carbocycles. The summed E-state index contributed by atoms with van der Waals surface area (Å²) < 4.78 is 12.3. The highest BCUT2D eigenvalue weighted by atomic mass is 79.9. The van der Waals surface area contributed by atoms with Crippen molar-refractivity contribution in [1.29, 1.82) is 0 Å². The Morgan fingerprint density at radius 2 is 1.73 bits per heavy atom. The first-order valence-electron chi connectivity index (χ1n) is 9.61. The standard InChI is InChI=1S/C25H19BrO4/c1-3-16-4-6-17(7-5-16)14-22-23(27)20-12-13-21(15(2)24(20)29-22)30-25(28)18-8-10-19(26)11-9-18/h4-14H,3H2,1-2H3/b22-14-. The molecule has 0 aliphatic carbocycles. The van der Waals surface area contributed by atoms with Crippen LogP contribution in [0.4, 0.5) is 0 Å². The zero-order valence-corrected chi connectivity index (χ0v) is 18.2. The molecule has 150 valence electrons. The average Bonchev–Trinajstić information content (AvgIpc) is 3.07. The van der Waals surface area contributed by atoms with Crippen molar-refractivity contribution >= 4 is 33.8 Å². The molecule has 1 aliphatic rings. The van der Waals surface area contributed by atoms with Gasteiger partial charge in [0, 0.05) is 10.0 Å². The number of hydrogen-bond donors (Lipinski definition) is 0. The Bertz CT molecular complexity index is 1160. The monoisotopic (exact) mass is 462 g/mol. The molecular weight excluding hydrogens is 444 g/mol. The number of carbonyl (C=O) groups excluding carboxylic acids is 2. The van der Waals surface area contributed by atoms with E-state index >= 15 is 0 Å². The minimum Gasteiger partial charge on any atom is -0.452 e. The summed E-state index contributed by atoms with van der Waals surface area (Å²) in [6.45, 7) is 3.87. The molecule has 0 atom stereocenters. The van der Waals surface area contributed by atoms with Gasteiger partial charge < -0.3 is 9.47 Å². The smallest absolute Gasteiger partial charge is 0.343 e. The number of ether oxygens (including phenoxy) is 2. The molecule has 1 heterocycles. The molecule has 30 heavy (non-hydrogen) atoms. The van der Waals surface area contributed by atoms with Crippen LogP contribution in [-0.2, 0) is 6.42 Å². The van der Waals surface area contributed by atoms with Crippen LogP contribution in [0, 0.1) is 6.92 Å². The topological polar surface area (TPSA) is 52.6 Å². The molecule has 0 fully saturated rings. The van der Waals surface area contributed by atoms with E-state index in [0.29, 0.717) is 28.2 Å². The molecule has 0 bridgehead atoms. The normalized spacial score (nSPS) is 13.8. The lowest BCUT2D eigenvalue weighted by atomic mass is 10.0. The maximum absolute atomic E-state index is 12.8. The number of hydrogen-bond acceptors (Lipinski definition) is 4. The number of Topliss-reactive ketones (excluding diaryl/α,β-unsaturated/α-hetero) is 1. The van der Waals surface area contributed by atoms with Crippen molar-refractivity contribution < 1.29 is 19.1 Å². The van der Waals surface area contributed by atoms with Crippen molar-refractivity contribution in [2.24, 2.45) is 0 Å². The molecule has 0 N–H and O–H groups in total. The second-order valence-electron chi connectivity index (χ2n) is 7.00. The van der Waals surface area contributed by atoms with Crippen molar-refractivity contribution in [2.45, 2.75) is 20.3 Å². The van der Waals surface area contributed by atoms with Gasteiger partial charge in [0.15, 0.2) is 5.76 Å². The van der Waals surface area contributed by atoms with E-state index < -0.39 is 5.97 Å². The fraction of sp³-hybridized carbons (Fsp3) is 0.120. The van der Waals surface area contributed by atoms with Crippen LogP contribution >= 0.6 is 15.9 Å². The zero-order valence-electron chi connectivity index (χ0n) is 16.6. The third-order valence-corrected chi connectivity index (χ3v) is 5.53. The van der Waals surface area contributed by atoms with E-state index in [1.807, 2.05) is 24.3 Å². The maximum atomic E-state index is 12.8. The van der Waals surface area contributed by atoms with Gasteiger partial charge in [0.25, 0.3) is 0 Å². The highest BCUT2D eigenvalue weighted by molar-refractivity contribution is 9.10. The largest absolute Gasteiger partial charge is 0.452 e. The van der Waals surface area contributed by atoms with E-state index in [2.05, 4.69) is 22.9 Å². The van der Waals surface area contributed by atoms with Crippen molar-refractivity contribution in [3.63, 3.8) is 0 Å². The minimum atomic E-state index is -0.471. The maximum Gasteiger partial charge on any atom is 0.343 e. The molecule has 0 aromatic heterocycles. The second-order valence-corrected chi connectivity index (χ2v) is 7.91. The van der Waals surface area contributed by atoms with Gasteiger partial charge in [0.1, 0.15) is 11.5 Å². The summed E-state index contributed by atoms with van der Waals surface area (Å²) in [6, 6.07) is 18.2. The third-order valence-electron chi connectivity index (χ3n) is 5.00. The summed E-state index contributed by atoms with van der Waals surface area (Å²) >= 11 is 3.34. The van der Waals surface area contributed by atoms with Crippen LogP contribution in [0.3, 0.4) is 0 Å². The second kappa shape index (κ2) is 8.28. The van der Waals surface area contributed by atoms with E-state index in [0.717, 1.165) is 16.5 Å². The first-order chi connectivity index (χ1) is 14.5. The Labute approximate surface area is 183 Å². The Hall–Kier alpha value is -3.18. The molecule has 0 spiro atoms. The fourth-order valence-electron chi connectivity index (χ4n) is 3.22. The molecule has 5 heteroatoms. The van der Waals surface area contributed by atoms with Gasteiger partial charge in [-0.3, -0.25) is 4.79 Å². The van der Waals surface area contributed by atoms with Gasteiger partial charge in [0.2, 0.25) is 5.78 Å². The number of aryl methyl sites for hydroxylation is 1. The number of esters is 1. The molecule has 0 unspecified atom stereocenters. The highest BCUT2D eigenvalue weighted by Gasteiger charge is 2.30. The van der Waals surface area contributed by atoms with Gasteiger partial charge >= 0.3 is 5.97 Å². The number of rotatable bonds is 4. The number of allylic oxidation sites excluding steroid dienone is 1. The van der Waals surface area contributed by atoms with Crippen molar-refractivity contribution in [3.05, 3.63) is 98.7 Å². The van der Waals surface area contributed by atoms with E-state index in [9.17, 15) is 9.59 Å². The molecule has 1 aliphatic heterocycles. The van der Waals surface area contributed by atoms with E-state index in [1.165, 1.54) is 5.56 Å². The predicted molar refractivity (Wildman–Crippen MR) is 119 cm³/mol. The molecule has 0 saturated heterocycles. The number of carbonyl (C=O) groups is 2. The molecular formula is C25H19BrO4. The predicted octanol–water partition coefficient (Wildman–Crippen LogP) is 6.16. The molecule has 0 saturated carbocycles. The molecule has 4 rings (SSSR count). The summed E-state index contributed by atoms with van der Waals surface area (Å²) in [7, 11) is 0. The number of halogens is 1. The number of benzene rings is 3. The Balaban J connectivity index is 1.58. The van der Waals surface area contributed by atoms with Crippen molar-refractivity contribution in [1.82, 2.24) is 0 Å². The third kappa shape index (κ3) is 3.94. The van der Waals surface area contributed by atoms with E-state index in [1.54, 1.807) is 49.4 Å². The van der Waals surface area contributed by atoms with Crippen LogP contribution in [0.2, 0.25) is 0 Å². The van der Waals surface area contributed by atoms with Crippen LogP contribution in [0.5, 0.6) is 11.5 Å². The van der Waals surface area contributed by atoms with Gasteiger partial charge in [-0.2, -0.15) is 0 Å². The molecule has 0 radical (unpaired) electrons. The fourth-order valence-corrected chi connectivity index (χ4v) is 3.49. The van der Waals surface area contributed by atoms with Crippen LogP contribution in [0.15, 0.2) is 70.9 Å². The number of fused-ring (bicyclic) bond motifs is 1. The van der Waals surface area contributed by atoms with Gasteiger partial charge in [-0.15, -0.1) is 0 Å². The Morgan fingerprint density at radius 3 is 2.40 bits per heavy atom. The quantitative estimate of drug-likeness (QED) is 0.264. The first kappa shape index (κ1) is 20.1. The van der Waals surface area contributed by atoms with E-state index in [4.69, 9.17) is 9.47 Å². The molecule has 3 aromatic rings. The summed E-state index contributed by atoms with van der Waals surface area (Å²) in [4.78, 5) is 25.2. The lowest BCUT2D eigenvalue weighted by Gasteiger charge is -2.10. The van der Waals surface area contributed by atoms with Gasteiger partial charge in [0.05, 0.1) is 11.1 Å². The Kier molecular flexibility index (Phi) is 5.55. The van der Waals surface area contributed by atoms with Crippen molar-refractivity contribution in [2.75, 3.05) is 0 Å². The SMILES string of the molecule is CCc1ccc(/C=C2\Oc3c(ccc(OC(=O)c4ccc(Br)cc4)c3C)C2=O)cc1. The van der Waals surface area contributed by atoms with Gasteiger partial charge in [-0.05, 0) is 66.9 Å². The average molecular weight is 463 g/mol. The van der Waals surface area contributed by atoms with Gasteiger partial charge in [-0.1, -0.05) is 47.1 Å². The minimum absolute atomic E-state index is 0.182. The van der Waals surface area contributed by atoms with Crippen LogP contribution in [-0.4, -0.2) is 11.8 Å². The lowest BCUT2D eigenvalue weighted by molar-refractivity contribution is 0.0733. The van der Waals surface area contributed by atoms with Crippen LogP contribution in [0.25, 0.3) is 6.08 Å². The zero-order chi connectivity index (χ0) is 21.3. The van der Waals surface area contributed by atoms with Crippen molar-refractivity contribution in [3.8, 4) is 11.5 Å². The van der Waals surface area contributed by atoms with E-state index in [-0.39, 0.29) is 11.5 Å². The van der Waals surface area contributed by atoms with Crippen LogP contribution < -0.4 is 9.47 Å². The molecule has 0 amide bonds. The first-order valence-corrected chi connectivity index (χ1v) is 10.4. The van der Waals surface area contributed by atoms with Gasteiger partial charge in [-0.25, -0.2) is 4.79 Å². The number of ketones is 1. The summed E-state index contributed by atoms with van der Waals surface area (Å²) in [6.07, 6.45) is 2.69. The van der Waals surface area contributed by atoms with Crippen LogP contribution in [0.1, 0.15) is 44.3 Å². The lowest BCUT2D eigenvalue weighted by Crippen LogP contribution is -2.09. The Morgan fingerprint density at radius 1 is 1.03 bits per heavy atom. The summed E-state index contributed by atoms with van der Waals surface area (Å²) in [5, 5.41) is 0. The highest BCUT2D eigenvalue weighted by Crippen LogP contribution is 2.39. The summed E-state index contributed by atoms with van der Waals surface area (Å²) in [5.41, 5.74) is 3.63. The summed E-state index contributed by atoms with van der Waals surface area (Å²) in [5.74, 6) is 0.398.